The molecule has 0 saturated heterocycles. The second kappa shape index (κ2) is 7.13. The predicted octanol–water partition coefficient (Wildman–Crippen LogP) is 4.02. The maximum Gasteiger partial charge on any atom is 0.264 e. The number of hydrogen-bond donors (Lipinski definition) is 0. The Kier molecular flexibility index (Phi) is 4.90. The average molecular weight is 373 g/mol. The van der Waals surface area contributed by atoms with Crippen LogP contribution in [0.1, 0.15) is 23.0 Å². The van der Waals surface area contributed by atoms with Crippen LogP contribution in [0.5, 0.6) is 0 Å². The highest BCUT2D eigenvalue weighted by Crippen LogP contribution is 2.27. The number of rotatable bonds is 6. The number of nitrogens with zero attached hydrogens (tertiary/aromatic N) is 1. The normalized spacial score (nSPS) is 11.3. The van der Waals surface area contributed by atoms with Crippen LogP contribution in [0.2, 0.25) is 0 Å². The Morgan fingerprint density at radius 2 is 1.81 bits per heavy atom. The number of carbonyl (C=O) groups is 1. The van der Waals surface area contributed by atoms with Crippen LogP contribution in [0, 0.1) is 5.82 Å². The Labute approximate surface area is 150 Å². The lowest BCUT2D eigenvalue weighted by molar-refractivity contribution is 0.101. The molecule has 0 amide bonds. The number of anilines is 1. The third-order valence-corrected chi connectivity index (χ3v) is 5.59. The molecule has 0 bridgehead atoms. The summed E-state index contributed by atoms with van der Waals surface area (Å²) in [5, 5.41) is 0. The molecule has 0 atom stereocenters. The molecule has 0 saturated carbocycles. The van der Waals surface area contributed by atoms with Gasteiger partial charge in [0.1, 0.15) is 11.6 Å². The lowest BCUT2D eigenvalue weighted by atomic mass is 10.2. The number of carbonyl (C=O) groups excluding carboxylic acids is 1. The van der Waals surface area contributed by atoms with Gasteiger partial charge in [-0.25, -0.2) is 12.8 Å². The zero-order valence-corrected chi connectivity index (χ0v) is 14.7. The number of hydrogen-bond acceptors (Lipinski definition) is 4. The zero-order chi connectivity index (χ0) is 18.7. The number of furan rings is 1. The van der Waals surface area contributed by atoms with E-state index in [2.05, 4.69) is 0 Å². The predicted molar refractivity (Wildman–Crippen MR) is 94.9 cm³/mol. The van der Waals surface area contributed by atoms with Gasteiger partial charge in [0.15, 0.2) is 5.78 Å². The maximum atomic E-state index is 13.3. The van der Waals surface area contributed by atoms with E-state index in [1.165, 1.54) is 55.7 Å². The highest BCUT2D eigenvalue weighted by atomic mass is 32.2. The highest BCUT2D eigenvalue weighted by molar-refractivity contribution is 7.92. The van der Waals surface area contributed by atoms with Gasteiger partial charge in [-0.3, -0.25) is 9.10 Å². The van der Waals surface area contributed by atoms with Crippen LogP contribution in [0.3, 0.4) is 0 Å². The molecule has 0 aliphatic carbocycles. The third kappa shape index (κ3) is 3.67. The van der Waals surface area contributed by atoms with Gasteiger partial charge in [0, 0.05) is 5.56 Å². The van der Waals surface area contributed by atoms with Crippen molar-refractivity contribution >= 4 is 21.5 Å². The fourth-order valence-corrected chi connectivity index (χ4v) is 3.95. The van der Waals surface area contributed by atoms with Crippen molar-refractivity contribution in [2.75, 3.05) is 4.31 Å². The monoisotopic (exact) mass is 373 g/mol. The number of sulfonamides is 1. The maximum absolute atomic E-state index is 13.3. The summed E-state index contributed by atoms with van der Waals surface area (Å²) in [6, 6.07) is 14.2. The van der Waals surface area contributed by atoms with Gasteiger partial charge in [0.05, 0.1) is 23.4 Å². The minimum atomic E-state index is -4.00. The first-order chi connectivity index (χ1) is 12.4. The van der Waals surface area contributed by atoms with E-state index in [9.17, 15) is 17.6 Å². The molecular weight excluding hydrogens is 357 g/mol. The smallest absolute Gasteiger partial charge is 0.264 e. The molecule has 3 aromatic rings. The van der Waals surface area contributed by atoms with Crippen LogP contribution in [0.25, 0.3) is 0 Å². The lowest BCUT2D eigenvalue weighted by Crippen LogP contribution is -2.30. The molecule has 3 rings (SSSR count). The molecule has 0 N–H and O–H groups in total. The van der Waals surface area contributed by atoms with Crippen LogP contribution in [-0.2, 0) is 16.6 Å². The van der Waals surface area contributed by atoms with E-state index in [0.717, 1.165) is 4.31 Å². The first-order valence-electron chi connectivity index (χ1n) is 7.79. The second-order valence-corrected chi connectivity index (χ2v) is 7.51. The van der Waals surface area contributed by atoms with E-state index >= 15 is 0 Å². The summed E-state index contributed by atoms with van der Waals surface area (Å²) in [4.78, 5) is 11.6. The van der Waals surface area contributed by atoms with Crippen molar-refractivity contribution < 1.29 is 22.0 Å². The van der Waals surface area contributed by atoms with E-state index in [1.807, 2.05) is 0 Å². The van der Waals surface area contributed by atoms with Crippen LogP contribution in [-0.4, -0.2) is 14.2 Å². The summed E-state index contributed by atoms with van der Waals surface area (Å²) in [6.07, 6.45) is 1.45. The summed E-state index contributed by atoms with van der Waals surface area (Å²) >= 11 is 0. The number of ketones is 1. The van der Waals surface area contributed by atoms with Crippen LogP contribution in [0.4, 0.5) is 10.1 Å². The zero-order valence-electron chi connectivity index (χ0n) is 13.9. The van der Waals surface area contributed by atoms with E-state index in [4.69, 9.17) is 4.42 Å². The fraction of sp³-hybridized carbons (Fsp3) is 0.105. The summed E-state index contributed by atoms with van der Waals surface area (Å²) in [6.45, 7) is 1.30. The molecule has 26 heavy (non-hydrogen) atoms. The first-order valence-corrected chi connectivity index (χ1v) is 9.23. The second-order valence-electron chi connectivity index (χ2n) is 5.65. The first kappa shape index (κ1) is 17.9. The molecule has 1 aromatic heterocycles. The minimum Gasteiger partial charge on any atom is -0.467 e. The molecule has 1 heterocycles. The molecule has 2 aromatic carbocycles. The lowest BCUT2D eigenvalue weighted by Gasteiger charge is -2.24. The fourth-order valence-electron chi connectivity index (χ4n) is 2.47. The molecule has 0 aliphatic rings. The molecule has 0 radical (unpaired) electrons. The van der Waals surface area contributed by atoms with Crippen molar-refractivity contribution in [3.63, 3.8) is 0 Å². The number of Topliss-reactive ketones (excluding diaryl/α,β-unsaturated/α-hetero) is 1. The summed E-state index contributed by atoms with van der Waals surface area (Å²) in [5.74, 6) is -0.273. The SMILES string of the molecule is CC(=O)c1cccc(S(=O)(=O)N(Cc2ccco2)c2ccc(F)cc2)c1. The minimum absolute atomic E-state index is 0.0268. The van der Waals surface area contributed by atoms with Crippen molar-refractivity contribution in [1.29, 1.82) is 0 Å². The van der Waals surface area contributed by atoms with E-state index in [0.29, 0.717) is 11.3 Å². The standard InChI is InChI=1S/C19H16FNO4S/c1-14(22)15-4-2-6-19(12-15)26(23,24)21(13-18-5-3-11-25-18)17-9-7-16(20)8-10-17/h2-12H,13H2,1H3. The quantitative estimate of drug-likeness (QED) is 0.612. The van der Waals surface area contributed by atoms with E-state index in [-0.39, 0.29) is 22.9 Å². The van der Waals surface area contributed by atoms with Gasteiger partial charge >= 0.3 is 0 Å². The Morgan fingerprint density at radius 3 is 2.42 bits per heavy atom. The third-order valence-electron chi connectivity index (χ3n) is 3.82. The van der Waals surface area contributed by atoms with Crippen LogP contribution >= 0.6 is 0 Å². The number of halogens is 1. The van der Waals surface area contributed by atoms with Gasteiger partial charge in [-0.1, -0.05) is 12.1 Å². The molecule has 134 valence electrons. The van der Waals surface area contributed by atoms with Gasteiger partial charge in [0.2, 0.25) is 0 Å². The number of benzene rings is 2. The highest BCUT2D eigenvalue weighted by Gasteiger charge is 2.26. The summed E-state index contributed by atoms with van der Waals surface area (Å²) in [5.41, 5.74) is 0.583. The van der Waals surface area contributed by atoms with Crippen LogP contribution in [0.15, 0.2) is 76.2 Å². The van der Waals surface area contributed by atoms with E-state index < -0.39 is 15.8 Å². The van der Waals surface area contributed by atoms with Crippen molar-refractivity contribution in [3.05, 3.63) is 84.1 Å². The Bertz CT molecular complexity index is 1010. The molecule has 0 spiro atoms. The molecule has 7 heteroatoms. The largest absolute Gasteiger partial charge is 0.467 e. The van der Waals surface area contributed by atoms with Crippen molar-refractivity contribution in [2.45, 2.75) is 18.4 Å². The topological polar surface area (TPSA) is 67.6 Å². The average Bonchev–Trinajstić information content (AvgIpc) is 3.14. The van der Waals surface area contributed by atoms with Gasteiger partial charge in [-0.2, -0.15) is 0 Å². The van der Waals surface area contributed by atoms with E-state index in [1.54, 1.807) is 18.2 Å². The van der Waals surface area contributed by atoms with Crippen molar-refractivity contribution in [1.82, 2.24) is 0 Å². The van der Waals surface area contributed by atoms with Crippen molar-refractivity contribution in [3.8, 4) is 0 Å². The van der Waals surface area contributed by atoms with Crippen molar-refractivity contribution in [2.24, 2.45) is 0 Å². The summed E-state index contributed by atoms with van der Waals surface area (Å²) in [7, 11) is -4.00. The Morgan fingerprint density at radius 1 is 1.08 bits per heavy atom. The van der Waals surface area contributed by atoms with Gasteiger partial charge < -0.3 is 4.42 Å². The van der Waals surface area contributed by atoms with Gasteiger partial charge in [-0.05, 0) is 55.5 Å². The Hall–Kier alpha value is -2.93. The molecule has 5 nitrogen and oxygen atoms in total. The Balaban J connectivity index is 2.08. The molecular formula is C19H16FNO4S. The molecule has 0 aliphatic heterocycles. The van der Waals surface area contributed by atoms with Gasteiger partial charge in [-0.15, -0.1) is 0 Å². The molecule has 0 unspecified atom stereocenters. The van der Waals surface area contributed by atoms with Crippen LogP contribution < -0.4 is 4.31 Å². The van der Waals surface area contributed by atoms with Gasteiger partial charge in [0.25, 0.3) is 10.0 Å². The molecule has 0 fully saturated rings. The summed E-state index contributed by atoms with van der Waals surface area (Å²) < 4.78 is 46.0.